The van der Waals surface area contributed by atoms with Gasteiger partial charge in [0.1, 0.15) is 0 Å². The first-order valence-corrected chi connectivity index (χ1v) is 12.9. The number of thioether (sulfide) groups is 1. The molecule has 4 rings (SSSR count). The van der Waals surface area contributed by atoms with Crippen molar-refractivity contribution in [3.63, 3.8) is 0 Å². The molecule has 5 heteroatoms. The highest BCUT2D eigenvalue weighted by Crippen LogP contribution is 2.27. The zero-order chi connectivity index (χ0) is 22.4. The molecule has 1 aromatic heterocycles. The number of likely N-dealkylation sites (tertiary alicyclic amines) is 1. The van der Waals surface area contributed by atoms with E-state index in [9.17, 15) is 0 Å². The summed E-state index contributed by atoms with van der Waals surface area (Å²) in [6.45, 7) is 10.2. The van der Waals surface area contributed by atoms with Crippen LogP contribution in [-0.2, 0) is 17.6 Å². The molecule has 2 heterocycles. The van der Waals surface area contributed by atoms with Gasteiger partial charge in [0, 0.05) is 23.4 Å². The van der Waals surface area contributed by atoms with Gasteiger partial charge in [0.05, 0.1) is 11.7 Å². The molecular formula is C27H36N4S. The lowest BCUT2D eigenvalue weighted by Crippen LogP contribution is -2.36. The van der Waals surface area contributed by atoms with Crippen LogP contribution in [0, 0.1) is 0 Å². The fourth-order valence-corrected chi connectivity index (χ4v) is 5.11. The molecule has 0 N–H and O–H groups in total. The molecule has 1 aliphatic rings. The van der Waals surface area contributed by atoms with Crippen LogP contribution in [0.5, 0.6) is 0 Å². The van der Waals surface area contributed by atoms with Crippen LogP contribution < -0.4 is 0 Å². The van der Waals surface area contributed by atoms with Crippen molar-refractivity contribution in [2.45, 2.75) is 68.6 Å². The number of aromatic nitrogens is 3. The number of hydrogen-bond acceptors (Lipinski definition) is 4. The molecule has 32 heavy (non-hydrogen) atoms. The number of piperidine rings is 1. The minimum Gasteiger partial charge on any atom is -0.301 e. The summed E-state index contributed by atoms with van der Waals surface area (Å²) in [7, 11) is 0. The summed E-state index contributed by atoms with van der Waals surface area (Å²) in [6.07, 6.45) is 7.13. The van der Waals surface area contributed by atoms with E-state index in [-0.39, 0.29) is 5.41 Å². The van der Waals surface area contributed by atoms with Gasteiger partial charge in [0.25, 0.3) is 0 Å². The standard InChI is InChI=1S/C27H36N4S/c1-27(2,3)23-12-14-26(15-13-23)32-21-24-19-31(29-28-24)25(18-22-10-6-4-7-11-22)20-30-16-8-5-9-17-30/h4,6-7,10-15,19,25H,5,8-9,16-18,20-21H2,1-3H3. The monoisotopic (exact) mass is 448 g/mol. The molecule has 0 saturated carbocycles. The molecule has 1 aliphatic heterocycles. The van der Waals surface area contributed by atoms with Gasteiger partial charge in [-0.15, -0.1) is 16.9 Å². The maximum absolute atomic E-state index is 4.56. The largest absolute Gasteiger partial charge is 0.301 e. The third kappa shape index (κ3) is 6.46. The van der Waals surface area contributed by atoms with Gasteiger partial charge in [0.2, 0.25) is 0 Å². The van der Waals surface area contributed by atoms with E-state index in [1.54, 1.807) is 0 Å². The second-order valence-corrected chi connectivity index (χ2v) is 11.0. The Morgan fingerprint density at radius 3 is 2.34 bits per heavy atom. The van der Waals surface area contributed by atoms with E-state index >= 15 is 0 Å². The summed E-state index contributed by atoms with van der Waals surface area (Å²) >= 11 is 1.83. The minimum atomic E-state index is 0.189. The quantitative estimate of drug-likeness (QED) is 0.388. The average molecular weight is 449 g/mol. The molecule has 2 aromatic carbocycles. The highest BCUT2D eigenvalue weighted by atomic mass is 32.2. The second kappa shape index (κ2) is 10.7. The predicted octanol–water partition coefficient (Wildman–Crippen LogP) is 6.14. The van der Waals surface area contributed by atoms with Crippen molar-refractivity contribution in [2.24, 2.45) is 0 Å². The molecule has 0 spiro atoms. The van der Waals surface area contributed by atoms with Gasteiger partial charge < -0.3 is 4.90 Å². The van der Waals surface area contributed by atoms with E-state index < -0.39 is 0 Å². The number of benzene rings is 2. The van der Waals surface area contributed by atoms with Crippen LogP contribution in [0.4, 0.5) is 0 Å². The summed E-state index contributed by atoms with van der Waals surface area (Å²) in [5.41, 5.74) is 3.97. The Balaban J connectivity index is 1.41. The normalized spacial score (nSPS) is 16.2. The Morgan fingerprint density at radius 1 is 0.938 bits per heavy atom. The SMILES string of the molecule is CC(C)(C)c1ccc(SCc2cn(C(Cc3ccccc3)CN3CCCCC3)nn2)cc1. The van der Waals surface area contributed by atoms with Crippen molar-refractivity contribution in [1.82, 2.24) is 19.9 Å². The molecule has 1 unspecified atom stereocenters. The summed E-state index contributed by atoms with van der Waals surface area (Å²) in [5.74, 6) is 0.844. The van der Waals surface area contributed by atoms with E-state index in [2.05, 4.69) is 101 Å². The molecule has 1 saturated heterocycles. The summed E-state index contributed by atoms with van der Waals surface area (Å²) in [5, 5.41) is 9.08. The van der Waals surface area contributed by atoms with E-state index in [1.807, 2.05) is 11.8 Å². The third-order valence-corrected chi connectivity index (χ3v) is 7.32. The zero-order valence-corrected chi connectivity index (χ0v) is 20.5. The Kier molecular flexibility index (Phi) is 7.69. The van der Waals surface area contributed by atoms with E-state index in [4.69, 9.17) is 0 Å². The molecule has 1 fully saturated rings. The number of nitrogens with zero attached hydrogens (tertiary/aromatic N) is 4. The summed E-state index contributed by atoms with van der Waals surface area (Å²) in [4.78, 5) is 3.88. The Morgan fingerprint density at radius 2 is 1.66 bits per heavy atom. The van der Waals surface area contributed by atoms with Gasteiger partial charge in [-0.05, 0) is 61.0 Å². The highest BCUT2D eigenvalue weighted by molar-refractivity contribution is 7.98. The van der Waals surface area contributed by atoms with Gasteiger partial charge in [-0.25, -0.2) is 4.68 Å². The smallest absolute Gasteiger partial charge is 0.0929 e. The van der Waals surface area contributed by atoms with Crippen LogP contribution in [0.2, 0.25) is 0 Å². The average Bonchev–Trinajstić information content (AvgIpc) is 3.27. The molecule has 0 amide bonds. The topological polar surface area (TPSA) is 34.0 Å². The lowest BCUT2D eigenvalue weighted by Gasteiger charge is -2.30. The van der Waals surface area contributed by atoms with Crippen LogP contribution in [0.1, 0.15) is 62.9 Å². The van der Waals surface area contributed by atoms with Crippen LogP contribution in [0.25, 0.3) is 0 Å². The summed E-state index contributed by atoms with van der Waals surface area (Å²) < 4.78 is 2.11. The van der Waals surface area contributed by atoms with Crippen molar-refractivity contribution in [2.75, 3.05) is 19.6 Å². The zero-order valence-electron chi connectivity index (χ0n) is 19.7. The molecule has 170 valence electrons. The van der Waals surface area contributed by atoms with Crippen molar-refractivity contribution in [3.8, 4) is 0 Å². The van der Waals surface area contributed by atoms with Crippen molar-refractivity contribution in [3.05, 3.63) is 77.6 Å². The first-order valence-electron chi connectivity index (χ1n) is 11.9. The van der Waals surface area contributed by atoms with Crippen molar-refractivity contribution < 1.29 is 0 Å². The van der Waals surface area contributed by atoms with Crippen LogP contribution in [0.3, 0.4) is 0 Å². The van der Waals surface area contributed by atoms with Gasteiger partial charge in [0.15, 0.2) is 0 Å². The van der Waals surface area contributed by atoms with Gasteiger partial charge in [-0.3, -0.25) is 0 Å². The Hall–Kier alpha value is -2.11. The first kappa shape index (κ1) is 23.1. The van der Waals surface area contributed by atoms with Gasteiger partial charge in [-0.2, -0.15) is 0 Å². The molecular weight excluding hydrogens is 412 g/mol. The molecule has 0 bridgehead atoms. The molecule has 3 aromatic rings. The fourth-order valence-electron chi connectivity index (χ4n) is 4.33. The van der Waals surface area contributed by atoms with E-state index in [0.29, 0.717) is 6.04 Å². The maximum Gasteiger partial charge on any atom is 0.0929 e. The highest BCUT2D eigenvalue weighted by Gasteiger charge is 2.20. The predicted molar refractivity (Wildman–Crippen MR) is 134 cm³/mol. The first-order chi connectivity index (χ1) is 15.5. The minimum absolute atomic E-state index is 0.189. The van der Waals surface area contributed by atoms with Crippen LogP contribution in [0.15, 0.2) is 65.7 Å². The molecule has 0 aliphatic carbocycles. The number of rotatable bonds is 8. The molecule has 4 nitrogen and oxygen atoms in total. The number of hydrogen-bond donors (Lipinski definition) is 0. The van der Waals surface area contributed by atoms with Crippen molar-refractivity contribution in [1.29, 1.82) is 0 Å². The Bertz CT molecular complexity index is 953. The van der Waals surface area contributed by atoms with E-state index in [1.165, 1.54) is 48.4 Å². The van der Waals surface area contributed by atoms with Gasteiger partial charge in [-0.1, -0.05) is 74.9 Å². The molecule has 1 atom stereocenters. The lowest BCUT2D eigenvalue weighted by atomic mass is 9.87. The third-order valence-electron chi connectivity index (χ3n) is 6.27. The lowest BCUT2D eigenvalue weighted by molar-refractivity contribution is 0.189. The van der Waals surface area contributed by atoms with Crippen LogP contribution >= 0.6 is 11.8 Å². The van der Waals surface area contributed by atoms with E-state index in [0.717, 1.165) is 24.4 Å². The van der Waals surface area contributed by atoms with Crippen molar-refractivity contribution >= 4 is 11.8 Å². The van der Waals surface area contributed by atoms with Crippen LogP contribution in [-0.4, -0.2) is 39.5 Å². The molecule has 0 radical (unpaired) electrons. The maximum atomic E-state index is 4.56. The summed E-state index contributed by atoms with van der Waals surface area (Å²) in [6, 6.07) is 20.0. The Labute approximate surface area is 197 Å². The van der Waals surface area contributed by atoms with Gasteiger partial charge >= 0.3 is 0 Å². The second-order valence-electron chi connectivity index (χ2n) is 9.96. The fraction of sp³-hybridized carbons (Fsp3) is 0.481.